The second-order valence-electron chi connectivity index (χ2n) is 6.84. The molecular formula is C23H13Cl2N3O2. The van der Waals surface area contributed by atoms with Crippen LogP contribution in [0, 0.1) is 0 Å². The summed E-state index contributed by atoms with van der Waals surface area (Å²) < 4.78 is 1.11. The minimum atomic E-state index is -0.542. The number of H-pyrrole nitrogens is 1. The fourth-order valence-corrected chi connectivity index (χ4v) is 4.00. The molecule has 5 aromatic rings. The maximum Gasteiger partial charge on any atom is 0.333 e. The van der Waals surface area contributed by atoms with Gasteiger partial charge in [0.15, 0.2) is 0 Å². The van der Waals surface area contributed by atoms with Gasteiger partial charge in [0.1, 0.15) is 0 Å². The molecule has 7 heteroatoms. The van der Waals surface area contributed by atoms with Gasteiger partial charge in [-0.1, -0.05) is 53.5 Å². The van der Waals surface area contributed by atoms with Crippen molar-refractivity contribution in [2.75, 3.05) is 0 Å². The summed E-state index contributed by atoms with van der Waals surface area (Å²) in [6.45, 7) is 0. The molecule has 0 saturated heterocycles. The smallest absolute Gasteiger partial charge is 0.306 e. The molecule has 0 saturated carbocycles. The fourth-order valence-electron chi connectivity index (χ4n) is 3.60. The molecule has 0 spiro atoms. The number of halogens is 2. The summed E-state index contributed by atoms with van der Waals surface area (Å²) >= 11 is 12.4. The number of hydrogen-bond acceptors (Lipinski definition) is 3. The van der Waals surface area contributed by atoms with Crippen molar-refractivity contribution >= 4 is 44.9 Å². The molecule has 2 aromatic heterocycles. The molecule has 1 N–H and O–H groups in total. The molecule has 0 bridgehead atoms. The molecule has 0 aliphatic carbocycles. The quantitative estimate of drug-likeness (QED) is 0.415. The molecule has 0 radical (unpaired) electrons. The molecule has 0 fully saturated rings. The van der Waals surface area contributed by atoms with E-state index in [4.69, 9.17) is 23.2 Å². The highest BCUT2D eigenvalue weighted by Gasteiger charge is 2.14. The van der Waals surface area contributed by atoms with Crippen LogP contribution in [0.5, 0.6) is 0 Å². The lowest BCUT2D eigenvalue weighted by Crippen LogP contribution is -2.33. The Morgan fingerprint density at radius 1 is 0.867 bits per heavy atom. The van der Waals surface area contributed by atoms with E-state index in [1.165, 1.54) is 6.20 Å². The van der Waals surface area contributed by atoms with E-state index in [9.17, 15) is 9.59 Å². The van der Waals surface area contributed by atoms with E-state index in [0.717, 1.165) is 20.9 Å². The van der Waals surface area contributed by atoms with Crippen molar-refractivity contribution in [1.82, 2.24) is 14.5 Å². The summed E-state index contributed by atoms with van der Waals surface area (Å²) in [5.41, 5.74) is 1.35. The Kier molecular flexibility index (Phi) is 4.42. The maximum atomic E-state index is 13.2. The van der Waals surface area contributed by atoms with Crippen LogP contribution in [0.1, 0.15) is 0 Å². The van der Waals surface area contributed by atoms with Gasteiger partial charge in [-0.05, 0) is 35.9 Å². The van der Waals surface area contributed by atoms with Gasteiger partial charge in [-0.15, -0.1) is 0 Å². The summed E-state index contributed by atoms with van der Waals surface area (Å²) in [5, 5.41) is 3.05. The first-order valence-corrected chi connectivity index (χ1v) is 9.86. The maximum absolute atomic E-state index is 13.2. The molecule has 2 heterocycles. The standard InChI is InChI=1S/C23H13Cl2N3O2/c24-15-6-8-19(25)18(10-15)13-5-7-17-20(9-13)27-23(30)28(22(17)29)21-12-26-11-14-3-1-2-4-16(14)21/h1-12H,(H,27,30). The molecule has 30 heavy (non-hydrogen) atoms. The van der Waals surface area contributed by atoms with Crippen molar-refractivity contribution in [3.8, 4) is 16.8 Å². The van der Waals surface area contributed by atoms with E-state index < -0.39 is 11.2 Å². The van der Waals surface area contributed by atoms with Crippen LogP contribution in [0.4, 0.5) is 0 Å². The monoisotopic (exact) mass is 433 g/mol. The molecule has 5 nitrogen and oxygen atoms in total. The summed E-state index contributed by atoms with van der Waals surface area (Å²) in [6, 6.07) is 17.8. The third-order valence-electron chi connectivity index (χ3n) is 5.03. The Hall–Kier alpha value is -3.41. The van der Waals surface area contributed by atoms with Gasteiger partial charge in [0.25, 0.3) is 5.56 Å². The third kappa shape index (κ3) is 3.00. The zero-order valence-electron chi connectivity index (χ0n) is 15.4. The number of nitrogens with one attached hydrogen (secondary N) is 1. The summed E-state index contributed by atoms with van der Waals surface area (Å²) in [5.74, 6) is 0. The van der Waals surface area contributed by atoms with E-state index in [1.807, 2.05) is 24.3 Å². The second kappa shape index (κ2) is 7.13. The van der Waals surface area contributed by atoms with Crippen molar-refractivity contribution < 1.29 is 0 Å². The SMILES string of the molecule is O=c1[nH]c2cc(-c3cc(Cl)ccc3Cl)ccc2c(=O)n1-c1cncc2ccccc12. The molecule has 5 rings (SSSR count). The molecule has 0 aliphatic heterocycles. The number of pyridine rings is 1. The van der Waals surface area contributed by atoms with Crippen LogP contribution in [0.15, 0.2) is 82.6 Å². The summed E-state index contributed by atoms with van der Waals surface area (Å²) in [7, 11) is 0. The van der Waals surface area contributed by atoms with Crippen molar-refractivity contribution in [2.24, 2.45) is 0 Å². The van der Waals surface area contributed by atoms with E-state index in [-0.39, 0.29) is 0 Å². The Morgan fingerprint density at radius 3 is 2.57 bits per heavy atom. The van der Waals surface area contributed by atoms with Gasteiger partial charge in [0, 0.05) is 32.6 Å². The number of aromatic nitrogens is 3. The Labute approximate surface area is 180 Å². The average molecular weight is 434 g/mol. The largest absolute Gasteiger partial charge is 0.333 e. The summed E-state index contributed by atoms with van der Waals surface area (Å²) in [4.78, 5) is 33.1. The van der Waals surface area contributed by atoms with Gasteiger partial charge >= 0.3 is 5.69 Å². The van der Waals surface area contributed by atoms with Crippen LogP contribution >= 0.6 is 23.2 Å². The first-order chi connectivity index (χ1) is 14.5. The summed E-state index contributed by atoms with van der Waals surface area (Å²) in [6.07, 6.45) is 3.21. The molecule has 0 amide bonds. The number of hydrogen-bond donors (Lipinski definition) is 1. The lowest BCUT2D eigenvalue weighted by atomic mass is 10.0. The molecule has 0 atom stereocenters. The van der Waals surface area contributed by atoms with Gasteiger partial charge in [-0.3, -0.25) is 9.78 Å². The zero-order valence-corrected chi connectivity index (χ0v) is 16.9. The minimum Gasteiger partial charge on any atom is -0.306 e. The Bertz CT molecular complexity index is 1570. The second-order valence-corrected chi connectivity index (χ2v) is 7.68. The van der Waals surface area contributed by atoms with Crippen molar-refractivity contribution in [3.63, 3.8) is 0 Å². The number of fused-ring (bicyclic) bond motifs is 2. The first kappa shape index (κ1) is 18.6. The third-order valence-corrected chi connectivity index (χ3v) is 5.59. The topological polar surface area (TPSA) is 67.8 Å². The van der Waals surface area contributed by atoms with Gasteiger partial charge in [0.2, 0.25) is 0 Å². The predicted octanol–water partition coefficient (Wildman–Crippen LogP) is 5.20. The highest BCUT2D eigenvalue weighted by atomic mass is 35.5. The lowest BCUT2D eigenvalue weighted by molar-refractivity contribution is 0.902. The van der Waals surface area contributed by atoms with E-state index in [2.05, 4.69) is 9.97 Å². The average Bonchev–Trinajstić information content (AvgIpc) is 2.75. The van der Waals surface area contributed by atoms with Gasteiger partial charge in [-0.25, -0.2) is 9.36 Å². The number of benzene rings is 3. The van der Waals surface area contributed by atoms with Crippen LogP contribution in [-0.2, 0) is 0 Å². The first-order valence-electron chi connectivity index (χ1n) is 9.10. The molecule has 146 valence electrons. The minimum absolute atomic E-state index is 0.379. The van der Waals surface area contributed by atoms with E-state index >= 15 is 0 Å². The van der Waals surface area contributed by atoms with Gasteiger partial charge in [0.05, 0.1) is 22.8 Å². The van der Waals surface area contributed by atoms with Gasteiger partial charge in [-0.2, -0.15) is 0 Å². The highest BCUT2D eigenvalue weighted by Crippen LogP contribution is 2.31. The van der Waals surface area contributed by atoms with E-state index in [1.54, 1.807) is 42.6 Å². The Balaban J connectivity index is 1.76. The van der Waals surface area contributed by atoms with E-state index in [0.29, 0.717) is 32.2 Å². The highest BCUT2D eigenvalue weighted by molar-refractivity contribution is 6.35. The zero-order chi connectivity index (χ0) is 20.8. The van der Waals surface area contributed by atoms with Gasteiger partial charge < -0.3 is 4.98 Å². The van der Waals surface area contributed by atoms with Crippen molar-refractivity contribution in [3.05, 3.63) is 104 Å². The van der Waals surface area contributed by atoms with Crippen LogP contribution < -0.4 is 11.2 Å². The fraction of sp³-hybridized carbons (Fsp3) is 0. The predicted molar refractivity (Wildman–Crippen MR) is 121 cm³/mol. The van der Waals surface area contributed by atoms with Crippen LogP contribution in [-0.4, -0.2) is 14.5 Å². The van der Waals surface area contributed by atoms with Crippen LogP contribution in [0.2, 0.25) is 10.0 Å². The van der Waals surface area contributed by atoms with Crippen molar-refractivity contribution in [2.45, 2.75) is 0 Å². The molecule has 0 aliphatic rings. The number of aromatic amines is 1. The van der Waals surface area contributed by atoms with Crippen LogP contribution in [0.3, 0.4) is 0 Å². The lowest BCUT2D eigenvalue weighted by Gasteiger charge is -2.10. The number of rotatable bonds is 2. The molecule has 3 aromatic carbocycles. The number of nitrogens with zero attached hydrogens (tertiary/aromatic N) is 2. The van der Waals surface area contributed by atoms with Crippen LogP contribution in [0.25, 0.3) is 38.5 Å². The van der Waals surface area contributed by atoms with Crippen molar-refractivity contribution in [1.29, 1.82) is 0 Å². The molecular weight excluding hydrogens is 421 g/mol. The normalized spacial score (nSPS) is 11.3. The molecule has 0 unspecified atom stereocenters. The Morgan fingerprint density at radius 2 is 1.70 bits per heavy atom.